The van der Waals surface area contributed by atoms with Gasteiger partial charge in [-0.15, -0.1) is 0 Å². The lowest BCUT2D eigenvalue weighted by Gasteiger charge is -2.05. The number of halogens is 1. The molecule has 0 spiro atoms. The molecular formula is C15H15BrN2O. The lowest BCUT2D eigenvalue weighted by molar-refractivity contribution is 0.470. The maximum atomic E-state index is 9.93. The minimum absolute atomic E-state index is 0.249. The Hall–Kier alpha value is -1.81. The van der Waals surface area contributed by atoms with E-state index >= 15 is 0 Å². The van der Waals surface area contributed by atoms with Gasteiger partial charge in [-0.25, -0.2) is 0 Å². The van der Waals surface area contributed by atoms with Crippen molar-refractivity contribution >= 4 is 27.8 Å². The Morgan fingerprint density at radius 2 is 1.89 bits per heavy atom. The van der Waals surface area contributed by atoms with Crippen molar-refractivity contribution in [2.45, 2.75) is 13.8 Å². The fraction of sp³-hybridized carbons (Fsp3) is 0.133. The smallest absolute Gasteiger partial charge is 0.127 e. The van der Waals surface area contributed by atoms with E-state index in [0.29, 0.717) is 5.56 Å². The molecular weight excluding hydrogens is 304 g/mol. The standard InChI is InChI=1S/C15H15BrN2O/c1-10-5-3-4-6-14(10)18-17-9-12-8-13(16)7-11(2)15(12)19/h3-9,18-19H,1-2H3. The molecule has 3 nitrogen and oxygen atoms in total. The number of aromatic hydroxyl groups is 1. The topological polar surface area (TPSA) is 44.6 Å². The number of benzene rings is 2. The van der Waals surface area contributed by atoms with Crippen molar-refractivity contribution in [3.8, 4) is 5.75 Å². The molecule has 0 aromatic heterocycles. The first-order valence-corrected chi connectivity index (χ1v) is 6.71. The molecule has 0 aliphatic heterocycles. The molecule has 0 radical (unpaired) electrons. The number of phenolic OH excluding ortho intramolecular Hbond substituents is 1. The van der Waals surface area contributed by atoms with Crippen LogP contribution in [0.2, 0.25) is 0 Å². The third kappa shape index (κ3) is 3.35. The molecule has 0 heterocycles. The van der Waals surface area contributed by atoms with Crippen LogP contribution in [0.1, 0.15) is 16.7 Å². The van der Waals surface area contributed by atoms with Crippen LogP contribution in [0, 0.1) is 13.8 Å². The summed E-state index contributed by atoms with van der Waals surface area (Å²) in [5, 5.41) is 14.1. The molecule has 0 amide bonds. The quantitative estimate of drug-likeness (QED) is 0.657. The molecule has 0 fully saturated rings. The number of phenols is 1. The normalized spacial score (nSPS) is 10.9. The van der Waals surface area contributed by atoms with E-state index in [1.807, 2.05) is 50.2 Å². The zero-order valence-corrected chi connectivity index (χ0v) is 12.4. The molecule has 0 aliphatic carbocycles. The van der Waals surface area contributed by atoms with E-state index in [1.165, 1.54) is 0 Å². The van der Waals surface area contributed by atoms with Crippen molar-refractivity contribution in [2.24, 2.45) is 5.10 Å². The summed E-state index contributed by atoms with van der Waals surface area (Å²) >= 11 is 3.40. The van der Waals surface area contributed by atoms with Crippen LogP contribution in [0.5, 0.6) is 5.75 Å². The number of hydrazone groups is 1. The Balaban J connectivity index is 2.18. The van der Waals surface area contributed by atoms with Crippen LogP contribution < -0.4 is 5.43 Å². The zero-order chi connectivity index (χ0) is 13.8. The van der Waals surface area contributed by atoms with Crippen LogP contribution in [0.25, 0.3) is 0 Å². The van der Waals surface area contributed by atoms with Gasteiger partial charge in [-0.3, -0.25) is 5.43 Å². The van der Waals surface area contributed by atoms with Gasteiger partial charge in [-0.1, -0.05) is 34.1 Å². The van der Waals surface area contributed by atoms with E-state index < -0.39 is 0 Å². The summed E-state index contributed by atoms with van der Waals surface area (Å²) in [6.45, 7) is 3.87. The average molecular weight is 319 g/mol. The van der Waals surface area contributed by atoms with Gasteiger partial charge in [-0.05, 0) is 43.2 Å². The highest BCUT2D eigenvalue weighted by atomic mass is 79.9. The molecule has 0 bridgehead atoms. The molecule has 2 aromatic rings. The molecule has 0 saturated heterocycles. The molecule has 19 heavy (non-hydrogen) atoms. The fourth-order valence-corrected chi connectivity index (χ4v) is 2.32. The van der Waals surface area contributed by atoms with Crippen LogP contribution in [0.3, 0.4) is 0 Å². The molecule has 98 valence electrons. The van der Waals surface area contributed by atoms with E-state index in [-0.39, 0.29) is 5.75 Å². The Morgan fingerprint density at radius 1 is 1.16 bits per heavy atom. The Bertz CT molecular complexity index is 624. The van der Waals surface area contributed by atoms with Gasteiger partial charge in [0.15, 0.2) is 0 Å². The van der Waals surface area contributed by atoms with Gasteiger partial charge in [-0.2, -0.15) is 5.10 Å². The van der Waals surface area contributed by atoms with Gasteiger partial charge in [0, 0.05) is 10.0 Å². The van der Waals surface area contributed by atoms with Gasteiger partial charge in [0.2, 0.25) is 0 Å². The largest absolute Gasteiger partial charge is 0.507 e. The van der Waals surface area contributed by atoms with E-state index in [9.17, 15) is 5.11 Å². The molecule has 2 rings (SSSR count). The Kier molecular flexibility index (Phi) is 4.22. The molecule has 2 N–H and O–H groups in total. The van der Waals surface area contributed by atoms with Gasteiger partial charge in [0.05, 0.1) is 11.9 Å². The molecule has 2 aromatic carbocycles. The molecule has 4 heteroatoms. The second-order valence-corrected chi connectivity index (χ2v) is 5.26. The highest BCUT2D eigenvalue weighted by molar-refractivity contribution is 9.10. The molecule has 0 saturated carbocycles. The lowest BCUT2D eigenvalue weighted by atomic mass is 10.1. The zero-order valence-electron chi connectivity index (χ0n) is 10.8. The number of hydrogen-bond acceptors (Lipinski definition) is 3. The maximum Gasteiger partial charge on any atom is 0.127 e. The van der Waals surface area contributed by atoms with E-state index in [0.717, 1.165) is 21.3 Å². The summed E-state index contributed by atoms with van der Waals surface area (Å²) in [6, 6.07) is 11.6. The van der Waals surface area contributed by atoms with Crippen molar-refractivity contribution in [1.29, 1.82) is 0 Å². The number of anilines is 1. The van der Waals surface area contributed by atoms with Crippen LogP contribution in [-0.2, 0) is 0 Å². The van der Waals surface area contributed by atoms with E-state index in [1.54, 1.807) is 6.21 Å². The predicted molar refractivity (Wildman–Crippen MR) is 82.9 cm³/mol. The van der Waals surface area contributed by atoms with Crippen LogP contribution in [0.4, 0.5) is 5.69 Å². The van der Waals surface area contributed by atoms with Gasteiger partial charge >= 0.3 is 0 Å². The maximum absolute atomic E-state index is 9.93. The van der Waals surface area contributed by atoms with E-state index in [4.69, 9.17) is 0 Å². The summed E-state index contributed by atoms with van der Waals surface area (Å²) in [5.41, 5.74) is 6.53. The Morgan fingerprint density at radius 3 is 2.63 bits per heavy atom. The van der Waals surface area contributed by atoms with Crippen molar-refractivity contribution < 1.29 is 5.11 Å². The summed E-state index contributed by atoms with van der Waals surface area (Å²) < 4.78 is 0.917. The number of nitrogens with zero attached hydrogens (tertiary/aromatic N) is 1. The van der Waals surface area contributed by atoms with Gasteiger partial charge < -0.3 is 5.11 Å². The summed E-state index contributed by atoms with van der Waals surface area (Å²) in [6.07, 6.45) is 1.61. The van der Waals surface area contributed by atoms with Crippen molar-refractivity contribution in [3.05, 3.63) is 57.6 Å². The molecule has 0 atom stereocenters. The number of nitrogens with one attached hydrogen (secondary N) is 1. The SMILES string of the molecule is Cc1ccccc1NN=Cc1cc(Br)cc(C)c1O. The number of para-hydroxylation sites is 1. The molecule has 0 unspecified atom stereocenters. The second kappa shape index (κ2) is 5.89. The van der Waals surface area contributed by atoms with Crippen molar-refractivity contribution in [2.75, 3.05) is 5.43 Å². The van der Waals surface area contributed by atoms with Crippen molar-refractivity contribution in [1.82, 2.24) is 0 Å². The van der Waals surface area contributed by atoms with Gasteiger partial charge in [0.25, 0.3) is 0 Å². The summed E-state index contributed by atoms with van der Waals surface area (Å²) in [5.74, 6) is 0.249. The first-order chi connectivity index (χ1) is 9.08. The monoisotopic (exact) mass is 318 g/mol. The minimum Gasteiger partial charge on any atom is -0.507 e. The summed E-state index contributed by atoms with van der Waals surface area (Å²) in [4.78, 5) is 0. The Labute approximate surface area is 121 Å². The first-order valence-electron chi connectivity index (χ1n) is 5.92. The number of rotatable bonds is 3. The minimum atomic E-state index is 0.249. The van der Waals surface area contributed by atoms with Crippen molar-refractivity contribution in [3.63, 3.8) is 0 Å². The lowest BCUT2D eigenvalue weighted by Crippen LogP contribution is -1.93. The third-order valence-corrected chi connectivity index (χ3v) is 3.29. The third-order valence-electron chi connectivity index (χ3n) is 2.83. The highest BCUT2D eigenvalue weighted by Gasteiger charge is 2.03. The van der Waals surface area contributed by atoms with Gasteiger partial charge in [0.1, 0.15) is 5.75 Å². The van der Waals surface area contributed by atoms with Crippen LogP contribution in [0.15, 0.2) is 46.0 Å². The number of hydrogen-bond donors (Lipinski definition) is 2. The predicted octanol–water partition coefficient (Wildman–Crippen LogP) is 4.22. The summed E-state index contributed by atoms with van der Waals surface area (Å²) in [7, 11) is 0. The van der Waals surface area contributed by atoms with E-state index in [2.05, 4.69) is 26.5 Å². The first kappa shape index (κ1) is 13.6. The number of aryl methyl sites for hydroxylation is 2. The highest BCUT2D eigenvalue weighted by Crippen LogP contribution is 2.25. The molecule has 0 aliphatic rings. The van der Waals surface area contributed by atoms with Crippen LogP contribution >= 0.6 is 15.9 Å². The average Bonchev–Trinajstić information content (AvgIpc) is 2.37. The van der Waals surface area contributed by atoms with Crippen LogP contribution in [-0.4, -0.2) is 11.3 Å². The second-order valence-electron chi connectivity index (χ2n) is 4.35. The fourth-order valence-electron chi connectivity index (χ4n) is 1.73.